The first-order chi connectivity index (χ1) is 16.7. The standard InChI is InChI=1S/C25H22FN3O6/c1-3-25(34)14-6-18-21-12(8-29(18)23(32)13(14)9-35-24(25)33)20-16(27-10(2)30)5-4-11-19(20)17(28-21)7-15(26)22(11)31/h6-7,16,31,34H,3-5,8-9H2,1-2H3,(H,27,30)/t16?,25-/m0/s1. The average Bonchev–Trinajstić information content (AvgIpc) is 3.19. The van der Waals surface area contributed by atoms with Crippen LogP contribution in [0, 0.1) is 5.82 Å². The van der Waals surface area contributed by atoms with Crippen LogP contribution in [0.15, 0.2) is 16.9 Å². The Morgan fingerprint density at radius 3 is 2.80 bits per heavy atom. The van der Waals surface area contributed by atoms with Crippen molar-refractivity contribution in [2.75, 3.05) is 0 Å². The fourth-order valence-electron chi connectivity index (χ4n) is 5.77. The highest BCUT2D eigenvalue weighted by molar-refractivity contribution is 5.94. The number of phenolic OH excluding ortho intramolecular Hbond substituents is 1. The molecule has 4 heterocycles. The predicted octanol–water partition coefficient (Wildman–Crippen LogP) is 2.05. The van der Waals surface area contributed by atoms with Crippen LogP contribution in [-0.2, 0) is 39.5 Å². The number of aromatic nitrogens is 2. The zero-order chi connectivity index (χ0) is 24.8. The lowest BCUT2D eigenvalue weighted by atomic mass is 9.82. The molecule has 3 N–H and O–H groups in total. The Balaban J connectivity index is 1.68. The molecule has 0 bridgehead atoms. The van der Waals surface area contributed by atoms with E-state index in [9.17, 15) is 29.0 Å². The summed E-state index contributed by atoms with van der Waals surface area (Å²) in [5.41, 5.74) is 0.914. The number of hydrogen-bond donors (Lipinski definition) is 3. The Morgan fingerprint density at radius 2 is 2.09 bits per heavy atom. The predicted molar refractivity (Wildman–Crippen MR) is 121 cm³/mol. The second-order valence-electron chi connectivity index (χ2n) is 9.33. The number of nitrogens with one attached hydrogen (secondary N) is 1. The number of aromatic hydroxyl groups is 1. The van der Waals surface area contributed by atoms with Crippen LogP contribution in [0.5, 0.6) is 5.75 Å². The second-order valence-corrected chi connectivity index (χ2v) is 9.33. The lowest BCUT2D eigenvalue weighted by molar-refractivity contribution is -0.172. The summed E-state index contributed by atoms with van der Waals surface area (Å²) < 4.78 is 21.2. The number of ether oxygens (including phenoxy) is 1. The van der Waals surface area contributed by atoms with Gasteiger partial charge in [0.05, 0.1) is 35.1 Å². The van der Waals surface area contributed by atoms with E-state index < -0.39 is 34.7 Å². The van der Waals surface area contributed by atoms with Crippen molar-refractivity contribution in [3.8, 4) is 17.1 Å². The number of aryl methyl sites for hydroxylation is 1. The number of hydrogen-bond acceptors (Lipinski definition) is 7. The molecule has 9 nitrogen and oxygen atoms in total. The van der Waals surface area contributed by atoms with E-state index in [1.807, 2.05) is 0 Å². The van der Waals surface area contributed by atoms with Crippen LogP contribution in [0.25, 0.3) is 22.3 Å². The molecule has 10 heteroatoms. The van der Waals surface area contributed by atoms with Gasteiger partial charge in [0.15, 0.2) is 17.2 Å². The van der Waals surface area contributed by atoms with E-state index in [0.717, 1.165) is 6.07 Å². The number of carbonyl (C=O) groups excluding carboxylic acids is 2. The van der Waals surface area contributed by atoms with Crippen LogP contribution >= 0.6 is 0 Å². The monoisotopic (exact) mass is 479 g/mol. The topological polar surface area (TPSA) is 131 Å². The molecule has 1 aliphatic carbocycles. The van der Waals surface area contributed by atoms with Crippen molar-refractivity contribution in [1.29, 1.82) is 0 Å². The zero-order valence-corrected chi connectivity index (χ0v) is 19.1. The van der Waals surface area contributed by atoms with E-state index in [1.165, 1.54) is 11.5 Å². The Labute approximate surface area is 198 Å². The number of benzene rings is 1. The number of nitrogens with zero attached hydrogens (tertiary/aromatic N) is 2. The van der Waals surface area contributed by atoms with Gasteiger partial charge < -0.3 is 24.8 Å². The summed E-state index contributed by atoms with van der Waals surface area (Å²) in [6.45, 7) is 2.93. The molecule has 0 fully saturated rings. The molecule has 0 radical (unpaired) electrons. The van der Waals surface area contributed by atoms with Crippen LogP contribution in [0.3, 0.4) is 0 Å². The molecule has 180 valence electrons. The van der Waals surface area contributed by atoms with Crippen molar-refractivity contribution in [3.63, 3.8) is 0 Å². The lowest BCUT2D eigenvalue weighted by Gasteiger charge is -2.31. The summed E-state index contributed by atoms with van der Waals surface area (Å²) in [5.74, 6) is -2.29. The molecule has 2 atom stereocenters. The van der Waals surface area contributed by atoms with E-state index in [1.54, 1.807) is 13.0 Å². The van der Waals surface area contributed by atoms with E-state index in [-0.39, 0.29) is 36.6 Å². The summed E-state index contributed by atoms with van der Waals surface area (Å²) >= 11 is 0. The number of carbonyl (C=O) groups is 2. The molecule has 3 aliphatic rings. The van der Waals surface area contributed by atoms with Gasteiger partial charge in [0.25, 0.3) is 5.56 Å². The van der Waals surface area contributed by atoms with Crippen molar-refractivity contribution in [2.24, 2.45) is 0 Å². The Hall–Kier alpha value is -3.79. The minimum atomic E-state index is -1.96. The first-order valence-electron chi connectivity index (χ1n) is 11.5. The molecule has 1 unspecified atom stereocenters. The maximum atomic E-state index is 14.6. The van der Waals surface area contributed by atoms with Crippen molar-refractivity contribution in [2.45, 2.75) is 57.9 Å². The van der Waals surface area contributed by atoms with E-state index in [4.69, 9.17) is 4.74 Å². The number of pyridine rings is 2. The van der Waals surface area contributed by atoms with E-state index in [0.29, 0.717) is 51.8 Å². The molecule has 1 aromatic carbocycles. The molecule has 6 rings (SSSR count). The van der Waals surface area contributed by atoms with Crippen LogP contribution in [0.2, 0.25) is 0 Å². The smallest absolute Gasteiger partial charge is 0.343 e. The Kier molecular flexibility index (Phi) is 4.41. The summed E-state index contributed by atoms with van der Waals surface area (Å²) in [5, 5.41) is 25.0. The van der Waals surface area contributed by atoms with Gasteiger partial charge in [0.1, 0.15) is 6.61 Å². The number of amides is 1. The van der Waals surface area contributed by atoms with Crippen molar-refractivity contribution in [3.05, 3.63) is 56.1 Å². The maximum Gasteiger partial charge on any atom is 0.343 e. The van der Waals surface area contributed by atoms with E-state index >= 15 is 0 Å². The van der Waals surface area contributed by atoms with Gasteiger partial charge in [-0.3, -0.25) is 9.59 Å². The number of rotatable bonds is 2. The SMILES string of the molecule is CC[C@@]1(O)C(=O)OCc2c1cc1n(c2=O)Cc2c-1nc1cc(F)c(O)c3c1c2C(NC(C)=O)CC3. The van der Waals surface area contributed by atoms with Crippen LogP contribution in [0.1, 0.15) is 60.5 Å². The number of aliphatic hydroxyl groups is 1. The zero-order valence-electron chi connectivity index (χ0n) is 19.1. The molecular formula is C25H22FN3O6. The van der Waals surface area contributed by atoms with Gasteiger partial charge in [-0.15, -0.1) is 0 Å². The van der Waals surface area contributed by atoms with Gasteiger partial charge in [-0.1, -0.05) is 6.92 Å². The fraction of sp³-hybridized carbons (Fsp3) is 0.360. The third-order valence-electron chi connectivity index (χ3n) is 7.46. The minimum Gasteiger partial charge on any atom is -0.505 e. The van der Waals surface area contributed by atoms with Gasteiger partial charge >= 0.3 is 5.97 Å². The first kappa shape index (κ1) is 21.7. The largest absolute Gasteiger partial charge is 0.505 e. The second kappa shape index (κ2) is 7.11. The molecule has 3 aromatic rings. The number of halogens is 1. The number of esters is 1. The van der Waals surface area contributed by atoms with Crippen molar-refractivity contribution in [1.82, 2.24) is 14.9 Å². The van der Waals surface area contributed by atoms with Crippen molar-refractivity contribution < 1.29 is 28.9 Å². The van der Waals surface area contributed by atoms with Gasteiger partial charge in [0.2, 0.25) is 5.91 Å². The summed E-state index contributed by atoms with van der Waals surface area (Å²) in [6.07, 6.45) is 0.806. The molecule has 0 saturated heterocycles. The van der Waals surface area contributed by atoms with E-state index in [2.05, 4.69) is 10.3 Å². The highest BCUT2D eigenvalue weighted by Crippen LogP contribution is 2.47. The normalized spacial score (nSPS) is 21.8. The Bertz CT molecular complexity index is 1560. The lowest BCUT2D eigenvalue weighted by Crippen LogP contribution is -2.44. The van der Waals surface area contributed by atoms with Gasteiger partial charge in [-0.2, -0.15) is 0 Å². The molecule has 0 spiro atoms. The fourth-order valence-corrected chi connectivity index (χ4v) is 5.77. The van der Waals surface area contributed by atoms with Crippen LogP contribution in [0.4, 0.5) is 4.39 Å². The highest BCUT2D eigenvalue weighted by atomic mass is 19.1. The summed E-state index contributed by atoms with van der Waals surface area (Å²) in [4.78, 5) is 42.5. The maximum absolute atomic E-state index is 14.6. The molecule has 0 saturated carbocycles. The third kappa shape index (κ3) is 2.77. The molecule has 2 aromatic heterocycles. The third-order valence-corrected chi connectivity index (χ3v) is 7.46. The molecular weight excluding hydrogens is 457 g/mol. The summed E-state index contributed by atoms with van der Waals surface area (Å²) in [6, 6.07) is 2.32. The highest BCUT2D eigenvalue weighted by Gasteiger charge is 2.46. The number of cyclic esters (lactones) is 1. The first-order valence-corrected chi connectivity index (χ1v) is 11.5. The summed E-state index contributed by atoms with van der Waals surface area (Å²) in [7, 11) is 0. The average molecular weight is 479 g/mol. The Morgan fingerprint density at radius 1 is 1.31 bits per heavy atom. The molecule has 2 aliphatic heterocycles. The molecule has 1 amide bonds. The van der Waals surface area contributed by atoms with Crippen molar-refractivity contribution >= 4 is 22.8 Å². The number of fused-ring (bicyclic) bond motifs is 5. The minimum absolute atomic E-state index is 0.0173. The van der Waals surface area contributed by atoms with Gasteiger partial charge in [-0.25, -0.2) is 14.2 Å². The van der Waals surface area contributed by atoms with Crippen LogP contribution in [-0.4, -0.2) is 31.6 Å². The van der Waals surface area contributed by atoms with Crippen LogP contribution < -0.4 is 10.9 Å². The number of phenols is 1. The molecule has 35 heavy (non-hydrogen) atoms. The van der Waals surface area contributed by atoms with Gasteiger partial charge in [0, 0.05) is 35.1 Å². The van der Waals surface area contributed by atoms with Gasteiger partial charge in [-0.05, 0) is 30.9 Å². The quantitative estimate of drug-likeness (QED) is 0.375.